The summed E-state index contributed by atoms with van der Waals surface area (Å²) in [7, 11) is 1.40. The van der Waals surface area contributed by atoms with Crippen LogP contribution in [0.5, 0.6) is 0 Å². The molecule has 0 radical (unpaired) electrons. The summed E-state index contributed by atoms with van der Waals surface area (Å²) in [6.45, 7) is 5.91. The summed E-state index contributed by atoms with van der Waals surface area (Å²) in [6, 6.07) is 25.7. The molecule has 1 heterocycles. The van der Waals surface area contributed by atoms with E-state index in [-0.39, 0.29) is 17.9 Å². The summed E-state index contributed by atoms with van der Waals surface area (Å²) in [5.41, 5.74) is 4.99. The maximum Gasteiger partial charge on any atom is 0.323 e. The normalized spacial score (nSPS) is 14.8. The molecule has 8 heteroatoms. The van der Waals surface area contributed by atoms with Gasteiger partial charge in [0.15, 0.2) is 0 Å². The Morgan fingerprint density at radius 2 is 1.63 bits per heavy atom. The average molecular weight is 531 g/mol. The Bertz CT molecular complexity index is 1230. The summed E-state index contributed by atoms with van der Waals surface area (Å²) in [5, 5.41) is 2.98. The van der Waals surface area contributed by atoms with Gasteiger partial charge in [0.2, 0.25) is 0 Å². The van der Waals surface area contributed by atoms with Gasteiger partial charge in [0.1, 0.15) is 6.04 Å². The number of carbonyl (C=O) groups excluding carboxylic acids is 2. The molecule has 2 N–H and O–H groups in total. The lowest BCUT2D eigenvalue weighted by atomic mass is 10.1. The highest BCUT2D eigenvalue weighted by molar-refractivity contribution is 7.95. The Labute approximate surface area is 229 Å². The van der Waals surface area contributed by atoms with Crippen LogP contribution in [0.3, 0.4) is 0 Å². The molecule has 3 aromatic rings. The number of carbonyl (C=O) groups is 2. The standard InChI is InChI=1S/C30H34N4O3S/c1-23(30(36)37-2)32-38-34-19-17-33(18-20-34)28-15-13-24(14-16-28)11-12-25-9-6-10-27(21-25)29(35)31-22-26-7-4-3-5-8-26/h3-16,21,23,32H,17-20,22H2,1-2H3,(H,31,35)/b12-11+/t23-/m1/s1. The molecule has 0 unspecified atom stereocenters. The van der Waals surface area contributed by atoms with Crippen molar-refractivity contribution in [3.05, 3.63) is 101 Å². The van der Waals surface area contributed by atoms with Crippen LogP contribution in [0.15, 0.2) is 78.9 Å². The highest BCUT2D eigenvalue weighted by atomic mass is 32.2. The number of hydrogen-bond donors (Lipinski definition) is 2. The van der Waals surface area contributed by atoms with Gasteiger partial charge < -0.3 is 15.0 Å². The lowest BCUT2D eigenvalue weighted by Gasteiger charge is -2.35. The second kappa shape index (κ2) is 13.8. The molecule has 0 aromatic heterocycles. The molecule has 7 nitrogen and oxygen atoms in total. The van der Waals surface area contributed by atoms with Gasteiger partial charge in [-0.25, -0.2) is 9.03 Å². The van der Waals surface area contributed by atoms with Crippen LogP contribution < -0.4 is 14.9 Å². The first-order chi connectivity index (χ1) is 18.5. The quantitative estimate of drug-likeness (QED) is 0.225. The molecule has 1 amide bonds. The van der Waals surface area contributed by atoms with Gasteiger partial charge in [0, 0.05) is 56.1 Å². The van der Waals surface area contributed by atoms with Crippen LogP contribution in [0.4, 0.5) is 5.69 Å². The molecule has 38 heavy (non-hydrogen) atoms. The van der Waals surface area contributed by atoms with Gasteiger partial charge in [0.25, 0.3) is 5.91 Å². The number of benzene rings is 3. The fourth-order valence-electron chi connectivity index (χ4n) is 4.07. The van der Waals surface area contributed by atoms with E-state index < -0.39 is 0 Å². The predicted molar refractivity (Wildman–Crippen MR) is 155 cm³/mol. The van der Waals surface area contributed by atoms with E-state index in [0.29, 0.717) is 12.1 Å². The molecular formula is C30H34N4O3S. The number of amides is 1. The topological polar surface area (TPSA) is 73.9 Å². The monoisotopic (exact) mass is 530 g/mol. The number of nitrogens with zero attached hydrogens (tertiary/aromatic N) is 2. The molecule has 1 atom stereocenters. The first kappa shape index (κ1) is 27.4. The van der Waals surface area contributed by atoms with E-state index in [2.05, 4.69) is 49.6 Å². The third-order valence-electron chi connectivity index (χ3n) is 6.32. The van der Waals surface area contributed by atoms with Gasteiger partial charge in [-0.05, 0) is 47.9 Å². The highest BCUT2D eigenvalue weighted by Crippen LogP contribution is 2.21. The second-order valence-electron chi connectivity index (χ2n) is 9.09. The van der Waals surface area contributed by atoms with E-state index >= 15 is 0 Å². The zero-order chi connectivity index (χ0) is 26.7. The summed E-state index contributed by atoms with van der Waals surface area (Å²) < 4.78 is 10.1. The number of methoxy groups -OCH3 is 1. The maximum absolute atomic E-state index is 12.6. The predicted octanol–water partition coefficient (Wildman–Crippen LogP) is 4.62. The highest BCUT2D eigenvalue weighted by Gasteiger charge is 2.20. The minimum Gasteiger partial charge on any atom is -0.468 e. The van der Waals surface area contributed by atoms with Crippen LogP contribution in [0.1, 0.15) is 34.0 Å². The van der Waals surface area contributed by atoms with E-state index in [1.165, 1.54) is 24.9 Å². The maximum atomic E-state index is 12.6. The van der Waals surface area contributed by atoms with Crippen molar-refractivity contribution in [1.82, 2.24) is 14.3 Å². The van der Waals surface area contributed by atoms with Gasteiger partial charge in [-0.15, -0.1) is 0 Å². The van der Waals surface area contributed by atoms with Crippen LogP contribution in [0, 0.1) is 0 Å². The third-order valence-corrected chi connectivity index (χ3v) is 7.41. The molecule has 1 saturated heterocycles. The fourth-order valence-corrected chi connectivity index (χ4v) is 4.82. The number of hydrogen-bond acceptors (Lipinski definition) is 7. The van der Waals surface area contributed by atoms with E-state index in [0.717, 1.165) is 42.9 Å². The van der Waals surface area contributed by atoms with E-state index in [4.69, 9.17) is 4.74 Å². The first-order valence-corrected chi connectivity index (χ1v) is 13.5. The number of anilines is 1. The number of esters is 1. The lowest BCUT2D eigenvalue weighted by molar-refractivity contribution is -0.142. The molecule has 1 aliphatic heterocycles. The number of rotatable bonds is 10. The van der Waals surface area contributed by atoms with Gasteiger partial charge in [-0.2, -0.15) is 0 Å². The van der Waals surface area contributed by atoms with Gasteiger partial charge in [-0.1, -0.05) is 66.7 Å². The second-order valence-corrected chi connectivity index (χ2v) is 10.0. The SMILES string of the molecule is COC(=O)[C@@H](C)NSN1CCN(c2ccc(/C=C/c3cccc(C(=O)NCc4ccccc4)c3)cc2)CC1. The summed E-state index contributed by atoms with van der Waals surface area (Å²) in [6.07, 6.45) is 4.09. The Kier molecular flexibility index (Phi) is 9.97. The molecule has 1 fully saturated rings. The largest absolute Gasteiger partial charge is 0.468 e. The molecule has 198 valence electrons. The van der Waals surface area contributed by atoms with Crippen molar-refractivity contribution in [2.45, 2.75) is 19.5 Å². The Morgan fingerprint density at radius 3 is 2.34 bits per heavy atom. The molecule has 3 aromatic carbocycles. The van der Waals surface area contributed by atoms with E-state index in [1.807, 2.05) is 60.7 Å². The minimum absolute atomic E-state index is 0.0827. The van der Waals surface area contributed by atoms with Crippen molar-refractivity contribution in [2.75, 3.05) is 38.2 Å². The lowest BCUT2D eigenvalue weighted by Crippen LogP contribution is -2.45. The van der Waals surface area contributed by atoms with E-state index in [1.54, 1.807) is 6.92 Å². The fraction of sp³-hybridized carbons (Fsp3) is 0.267. The van der Waals surface area contributed by atoms with E-state index in [9.17, 15) is 9.59 Å². The van der Waals surface area contributed by atoms with Crippen LogP contribution in [0.25, 0.3) is 12.2 Å². The van der Waals surface area contributed by atoms with Crippen molar-refractivity contribution < 1.29 is 14.3 Å². The van der Waals surface area contributed by atoms with Gasteiger partial charge in [-0.3, -0.25) is 9.59 Å². The zero-order valence-corrected chi connectivity index (χ0v) is 22.6. The third kappa shape index (κ3) is 7.95. The first-order valence-electron chi connectivity index (χ1n) is 12.7. The van der Waals surface area contributed by atoms with Crippen molar-refractivity contribution in [2.24, 2.45) is 0 Å². The van der Waals surface area contributed by atoms with Crippen LogP contribution in [0.2, 0.25) is 0 Å². The zero-order valence-electron chi connectivity index (χ0n) is 21.8. The van der Waals surface area contributed by atoms with Crippen molar-refractivity contribution in [1.29, 1.82) is 0 Å². The Balaban J connectivity index is 1.26. The van der Waals surface area contributed by atoms with Gasteiger partial charge in [0.05, 0.1) is 7.11 Å². The molecule has 0 spiro atoms. The molecule has 4 rings (SSSR count). The average Bonchev–Trinajstić information content (AvgIpc) is 2.98. The summed E-state index contributed by atoms with van der Waals surface area (Å²) in [4.78, 5) is 26.5. The van der Waals surface area contributed by atoms with Crippen molar-refractivity contribution in [3.63, 3.8) is 0 Å². The van der Waals surface area contributed by atoms with Crippen molar-refractivity contribution in [3.8, 4) is 0 Å². The molecular weight excluding hydrogens is 496 g/mol. The van der Waals surface area contributed by atoms with Crippen molar-refractivity contribution >= 4 is 41.8 Å². The molecule has 0 bridgehead atoms. The molecule has 0 aliphatic carbocycles. The Hall–Kier alpha value is -3.59. The summed E-state index contributed by atoms with van der Waals surface area (Å²) >= 11 is 1.48. The minimum atomic E-state index is -0.345. The van der Waals surface area contributed by atoms with Crippen LogP contribution in [-0.2, 0) is 16.1 Å². The van der Waals surface area contributed by atoms with Gasteiger partial charge >= 0.3 is 5.97 Å². The number of nitrogens with one attached hydrogen (secondary N) is 2. The number of ether oxygens (including phenoxy) is 1. The van der Waals surface area contributed by atoms with Crippen LogP contribution in [-0.4, -0.2) is 55.5 Å². The molecule has 0 saturated carbocycles. The van der Waals surface area contributed by atoms with Crippen LogP contribution >= 0.6 is 12.1 Å². The number of piperazine rings is 1. The molecule has 1 aliphatic rings. The smallest absolute Gasteiger partial charge is 0.323 e. The summed E-state index contributed by atoms with van der Waals surface area (Å²) in [5.74, 6) is -0.344. The Morgan fingerprint density at radius 1 is 0.921 bits per heavy atom.